The molecule has 0 saturated heterocycles. The maximum atomic E-state index is 13.0. The Labute approximate surface area is 149 Å². The highest BCUT2D eigenvalue weighted by atomic mass is 19.1. The molecule has 1 heterocycles. The molecule has 0 aliphatic heterocycles. The molecule has 0 fully saturated rings. The van der Waals surface area contributed by atoms with Crippen molar-refractivity contribution in [2.45, 2.75) is 6.54 Å². The van der Waals surface area contributed by atoms with Gasteiger partial charge < -0.3 is 10.1 Å². The summed E-state index contributed by atoms with van der Waals surface area (Å²) in [6, 6.07) is 17.7. The lowest BCUT2D eigenvalue weighted by atomic mass is 10.1. The summed E-state index contributed by atoms with van der Waals surface area (Å²) in [4.78, 5) is 16.5. The minimum absolute atomic E-state index is 0.136. The number of nitrogens with zero attached hydrogens (tertiary/aromatic N) is 2. The second-order valence-corrected chi connectivity index (χ2v) is 5.40. The van der Waals surface area contributed by atoms with Crippen molar-refractivity contribution in [2.24, 2.45) is 0 Å². The first kappa shape index (κ1) is 17.1. The average Bonchev–Trinajstić information content (AvgIpc) is 2.68. The summed E-state index contributed by atoms with van der Waals surface area (Å²) in [6.07, 6.45) is 1.51. The van der Waals surface area contributed by atoms with Gasteiger partial charge in [-0.2, -0.15) is 5.26 Å². The summed E-state index contributed by atoms with van der Waals surface area (Å²) < 4.78 is 18.6. The van der Waals surface area contributed by atoms with E-state index in [2.05, 4.69) is 10.3 Å². The van der Waals surface area contributed by atoms with Crippen LogP contribution >= 0.6 is 0 Å². The summed E-state index contributed by atoms with van der Waals surface area (Å²) in [6.45, 7) is 0.301. The van der Waals surface area contributed by atoms with E-state index in [1.807, 2.05) is 6.07 Å². The number of carbonyl (C=O) groups is 1. The molecule has 0 radical (unpaired) electrons. The molecular weight excluding hydrogens is 333 g/mol. The molecule has 1 N–H and O–H groups in total. The number of hydrogen-bond donors (Lipinski definition) is 1. The van der Waals surface area contributed by atoms with Gasteiger partial charge in [0.15, 0.2) is 0 Å². The molecule has 0 aliphatic carbocycles. The van der Waals surface area contributed by atoms with E-state index in [1.165, 1.54) is 30.5 Å². The zero-order chi connectivity index (χ0) is 18.4. The fraction of sp³-hybridized carbons (Fsp3) is 0.0500. The maximum Gasteiger partial charge on any atom is 0.257 e. The third-order valence-corrected chi connectivity index (χ3v) is 3.58. The maximum absolute atomic E-state index is 13.0. The number of halogens is 1. The highest BCUT2D eigenvalue weighted by Gasteiger charge is 2.14. The molecule has 6 heteroatoms. The summed E-state index contributed by atoms with van der Waals surface area (Å²) in [5.74, 6) is -0.207. The lowest BCUT2D eigenvalue weighted by Crippen LogP contribution is -2.23. The van der Waals surface area contributed by atoms with Crippen molar-refractivity contribution >= 4 is 5.91 Å². The number of ether oxygens (including phenoxy) is 1. The van der Waals surface area contributed by atoms with E-state index in [4.69, 9.17) is 10.00 Å². The summed E-state index contributed by atoms with van der Waals surface area (Å²) in [5.41, 5.74) is 1.69. The molecule has 0 aliphatic rings. The number of pyridine rings is 1. The molecule has 0 saturated carbocycles. The van der Waals surface area contributed by atoms with E-state index < -0.39 is 0 Å². The van der Waals surface area contributed by atoms with E-state index in [-0.39, 0.29) is 23.2 Å². The quantitative estimate of drug-likeness (QED) is 0.761. The SMILES string of the molecule is N#Cc1ccc(CNC(=O)c2cccnc2Oc2ccc(F)cc2)cc1. The Kier molecular flexibility index (Phi) is 5.20. The highest BCUT2D eigenvalue weighted by Crippen LogP contribution is 2.23. The van der Waals surface area contributed by atoms with E-state index in [9.17, 15) is 9.18 Å². The second-order valence-electron chi connectivity index (χ2n) is 5.40. The fourth-order valence-electron chi connectivity index (χ4n) is 2.23. The Morgan fingerprint density at radius 3 is 2.54 bits per heavy atom. The van der Waals surface area contributed by atoms with Crippen LogP contribution < -0.4 is 10.1 Å². The third-order valence-electron chi connectivity index (χ3n) is 3.58. The van der Waals surface area contributed by atoms with Crippen molar-refractivity contribution in [2.75, 3.05) is 0 Å². The Balaban J connectivity index is 1.70. The van der Waals surface area contributed by atoms with Crippen LogP contribution in [0.1, 0.15) is 21.5 Å². The van der Waals surface area contributed by atoms with Crippen LogP contribution in [-0.2, 0) is 6.54 Å². The summed E-state index contributed by atoms with van der Waals surface area (Å²) in [7, 11) is 0. The third kappa shape index (κ3) is 4.22. The van der Waals surface area contributed by atoms with Crippen LogP contribution in [-0.4, -0.2) is 10.9 Å². The van der Waals surface area contributed by atoms with Crippen LogP contribution in [0.25, 0.3) is 0 Å². The van der Waals surface area contributed by atoms with E-state index in [0.29, 0.717) is 17.9 Å². The summed E-state index contributed by atoms with van der Waals surface area (Å²) >= 11 is 0. The molecule has 0 spiro atoms. The molecule has 128 valence electrons. The van der Waals surface area contributed by atoms with Crippen LogP contribution in [0.2, 0.25) is 0 Å². The molecular formula is C20H14FN3O2. The normalized spacial score (nSPS) is 10.0. The van der Waals surface area contributed by atoms with Crippen molar-refractivity contribution in [3.8, 4) is 17.7 Å². The summed E-state index contributed by atoms with van der Waals surface area (Å²) in [5, 5.41) is 11.6. The molecule has 0 bridgehead atoms. The standard InChI is InChI=1S/C20H14FN3O2/c21-16-7-9-17(10-8-16)26-20-18(2-1-11-23-20)19(25)24-13-15-5-3-14(12-22)4-6-15/h1-11H,13H2,(H,24,25). The van der Waals surface area contributed by atoms with Crippen LogP contribution in [0.4, 0.5) is 4.39 Å². The van der Waals surface area contributed by atoms with Crippen LogP contribution in [0.15, 0.2) is 66.9 Å². The first-order valence-electron chi connectivity index (χ1n) is 7.81. The topological polar surface area (TPSA) is 75.0 Å². The molecule has 2 aromatic carbocycles. The van der Waals surface area contributed by atoms with Crippen molar-refractivity contribution in [3.63, 3.8) is 0 Å². The van der Waals surface area contributed by atoms with Crippen LogP contribution in [0, 0.1) is 17.1 Å². The van der Waals surface area contributed by atoms with Crippen molar-refractivity contribution in [3.05, 3.63) is 89.4 Å². The zero-order valence-electron chi connectivity index (χ0n) is 13.6. The second kappa shape index (κ2) is 7.90. The Bertz CT molecular complexity index is 948. The molecule has 26 heavy (non-hydrogen) atoms. The van der Waals surface area contributed by atoms with Gasteiger partial charge in [-0.3, -0.25) is 4.79 Å². The van der Waals surface area contributed by atoms with Gasteiger partial charge in [0.05, 0.1) is 11.6 Å². The number of nitrogens with one attached hydrogen (secondary N) is 1. The molecule has 5 nitrogen and oxygen atoms in total. The van der Waals surface area contributed by atoms with Gasteiger partial charge in [0.25, 0.3) is 5.91 Å². The van der Waals surface area contributed by atoms with Gasteiger partial charge >= 0.3 is 0 Å². The first-order chi connectivity index (χ1) is 12.7. The van der Waals surface area contributed by atoms with E-state index >= 15 is 0 Å². The predicted molar refractivity (Wildman–Crippen MR) is 93.0 cm³/mol. The van der Waals surface area contributed by atoms with Crippen molar-refractivity contribution < 1.29 is 13.9 Å². The smallest absolute Gasteiger partial charge is 0.257 e. The molecule has 0 atom stereocenters. The van der Waals surface area contributed by atoms with Gasteiger partial charge in [-0.15, -0.1) is 0 Å². The predicted octanol–water partition coefficient (Wildman–Crippen LogP) is 3.81. The minimum Gasteiger partial charge on any atom is -0.438 e. The lowest BCUT2D eigenvalue weighted by Gasteiger charge is -2.10. The van der Waals surface area contributed by atoms with Gasteiger partial charge in [-0.1, -0.05) is 12.1 Å². The Morgan fingerprint density at radius 2 is 1.85 bits per heavy atom. The number of hydrogen-bond acceptors (Lipinski definition) is 4. The zero-order valence-corrected chi connectivity index (χ0v) is 13.6. The lowest BCUT2D eigenvalue weighted by molar-refractivity contribution is 0.0948. The number of rotatable bonds is 5. The van der Waals surface area contributed by atoms with E-state index in [1.54, 1.807) is 36.4 Å². The molecule has 1 amide bonds. The van der Waals surface area contributed by atoms with Crippen LogP contribution in [0.5, 0.6) is 11.6 Å². The number of aromatic nitrogens is 1. The average molecular weight is 347 g/mol. The molecule has 3 rings (SSSR count). The van der Waals surface area contributed by atoms with Crippen LogP contribution in [0.3, 0.4) is 0 Å². The van der Waals surface area contributed by atoms with Crippen molar-refractivity contribution in [1.29, 1.82) is 5.26 Å². The fourth-order valence-corrected chi connectivity index (χ4v) is 2.23. The number of nitriles is 1. The van der Waals surface area contributed by atoms with Gasteiger partial charge in [0, 0.05) is 12.7 Å². The Morgan fingerprint density at radius 1 is 1.12 bits per heavy atom. The van der Waals surface area contributed by atoms with E-state index in [0.717, 1.165) is 5.56 Å². The molecule has 0 unspecified atom stereocenters. The Hall–Kier alpha value is -3.72. The molecule has 1 aromatic heterocycles. The van der Waals surface area contributed by atoms with Gasteiger partial charge in [0.1, 0.15) is 17.1 Å². The van der Waals surface area contributed by atoms with Gasteiger partial charge in [-0.25, -0.2) is 9.37 Å². The first-order valence-corrected chi connectivity index (χ1v) is 7.81. The number of amides is 1. The van der Waals surface area contributed by atoms with Gasteiger partial charge in [0.2, 0.25) is 5.88 Å². The number of carbonyl (C=O) groups excluding carboxylic acids is 1. The minimum atomic E-state index is -0.376. The van der Waals surface area contributed by atoms with Gasteiger partial charge in [-0.05, 0) is 54.1 Å². The largest absolute Gasteiger partial charge is 0.438 e. The van der Waals surface area contributed by atoms with Crippen molar-refractivity contribution in [1.82, 2.24) is 10.3 Å². The highest BCUT2D eigenvalue weighted by molar-refractivity contribution is 5.96. The monoisotopic (exact) mass is 347 g/mol. The molecule has 3 aromatic rings. The number of benzene rings is 2.